The van der Waals surface area contributed by atoms with E-state index in [1.54, 1.807) is 11.9 Å². The molecule has 6 heteroatoms. The van der Waals surface area contributed by atoms with E-state index in [1.165, 1.54) is 6.33 Å². The third-order valence-corrected chi connectivity index (χ3v) is 3.07. The van der Waals surface area contributed by atoms with Crippen LogP contribution in [0.15, 0.2) is 6.33 Å². The van der Waals surface area contributed by atoms with Crippen molar-refractivity contribution in [2.45, 2.75) is 25.9 Å². The third-order valence-electron chi connectivity index (χ3n) is 3.07. The maximum Gasteiger partial charge on any atom is 0.187 e. The molecule has 1 saturated heterocycles. The van der Waals surface area contributed by atoms with Crippen molar-refractivity contribution >= 4 is 5.82 Å². The fourth-order valence-corrected chi connectivity index (χ4v) is 2.08. The van der Waals surface area contributed by atoms with E-state index >= 15 is 0 Å². The summed E-state index contributed by atoms with van der Waals surface area (Å²) in [5.74, 6) is -0.00554. The Bertz CT molecular complexity index is 422. The minimum absolute atomic E-state index is 0.0319. The molecule has 0 radical (unpaired) electrons. The molecule has 1 aromatic rings. The van der Waals surface area contributed by atoms with Gasteiger partial charge in [0, 0.05) is 13.6 Å². The van der Waals surface area contributed by atoms with E-state index in [0.717, 1.165) is 0 Å². The van der Waals surface area contributed by atoms with Crippen LogP contribution in [0.3, 0.4) is 0 Å². The molecule has 1 aromatic heterocycles. The van der Waals surface area contributed by atoms with Gasteiger partial charge in [-0.3, -0.25) is 0 Å². The second-order valence-corrected chi connectivity index (χ2v) is 5.00. The lowest BCUT2D eigenvalue weighted by molar-refractivity contribution is -0.0837. The molecular formula is C13H20FN3O2. The molecule has 0 aliphatic carbocycles. The zero-order valence-corrected chi connectivity index (χ0v) is 11.6. The van der Waals surface area contributed by atoms with Gasteiger partial charge >= 0.3 is 0 Å². The van der Waals surface area contributed by atoms with E-state index in [4.69, 9.17) is 9.47 Å². The molecule has 0 amide bonds. The van der Waals surface area contributed by atoms with Crippen LogP contribution in [-0.4, -0.2) is 49.5 Å². The molecule has 1 fully saturated rings. The summed E-state index contributed by atoms with van der Waals surface area (Å²) in [7, 11) is 1.80. The molecule has 0 bridgehead atoms. The SMILES string of the molecule is CC(C)c1ncnc(N(C)CC2COCCO2)c1F. The number of likely N-dealkylation sites (N-methyl/N-ethyl adjacent to an activating group) is 1. The molecule has 106 valence electrons. The lowest BCUT2D eigenvalue weighted by Gasteiger charge is -2.28. The summed E-state index contributed by atoms with van der Waals surface area (Å²) in [4.78, 5) is 9.78. The number of hydrogen-bond acceptors (Lipinski definition) is 5. The predicted molar refractivity (Wildman–Crippen MR) is 69.9 cm³/mol. The Labute approximate surface area is 112 Å². The Kier molecular flexibility index (Phi) is 4.66. The van der Waals surface area contributed by atoms with E-state index in [9.17, 15) is 4.39 Å². The van der Waals surface area contributed by atoms with Crippen molar-refractivity contribution in [3.05, 3.63) is 17.8 Å². The maximum absolute atomic E-state index is 14.3. The Morgan fingerprint density at radius 2 is 2.21 bits per heavy atom. The summed E-state index contributed by atoms with van der Waals surface area (Å²) in [5.41, 5.74) is 0.442. The Balaban J connectivity index is 2.09. The largest absolute Gasteiger partial charge is 0.376 e. The average molecular weight is 269 g/mol. The summed E-state index contributed by atoms with van der Waals surface area (Å²) >= 11 is 0. The summed E-state index contributed by atoms with van der Waals surface area (Å²) in [6.07, 6.45) is 1.36. The van der Waals surface area contributed by atoms with Gasteiger partial charge in [-0.1, -0.05) is 13.8 Å². The van der Waals surface area contributed by atoms with Gasteiger partial charge in [-0.25, -0.2) is 14.4 Å². The van der Waals surface area contributed by atoms with Crippen molar-refractivity contribution in [3.63, 3.8) is 0 Å². The highest BCUT2D eigenvalue weighted by atomic mass is 19.1. The first-order chi connectivity index (χ1) is 9.09. The van der Waals surface area contributed by atoms with Crippen LogP contribution in [0, 0.1) is 5.82 Å². The number of hydrogen-bond donors (Lipinski definition) is 0. The van der Waals surface area contributed by atoms with Gasteiger partial charge in [-0.05, 0) is 5.92 Å². The number of aromatic nitrogens is 2. The fourth-order valence-electron chi connectivity index (χ4n) is 2.08. The molecule has 1 unspecified atom stereocenters. The number of rotatable bonds is 4. The highest BCUT2D eigenvalue weighted by Gasteiger charge is 2.21. The first kappa shape index (κ1) is 14.1. The molecule has 0 saturated carbocycles. The molecule has 0 spiro atoms. The van der Waals surface area contributed by atoms with Crippen LogP contribution in [-0.2, 0) is 9.47 Å². The number of ether oxygens (including phenoxy) is 2. The maximum atomic E-state index is 14.3. The monoisotopic (exact) mass is 269 g/mol. The summed E-state index contributed by atoms with van der Waals surface area (Å²) in [5, 5.41) is 0. The standard InChI is InChI=1S/C13H20FN3O2/c1-9(2)12-11(14)13(16-8-15-12)17(3)6-10-7-18-4-5-19-10/h8-10H,4-7H2,1-3H3. The second kappa shape index (κ2) is 6.25. The average Bonchev–Trinajstić information content (AvgIpc) is 2.39. The molecule has 2 rings (SSSR count). The Morgan fingerprint density at radius 3 is 2.84 bits per heavy atom. The van der Waals surface area contributed by atoms with Gasteiger partial charge in [0.2, 0.25) is 0 Å². The van der Waals surface area contributed by atoms with Crippen LogP contribution in [0.1, 0.15) is 25.5 Å². The van der Waals surface area contributed by atoms with E-state index in [1.807, 2.05) is 13.8 Å². The van der Waals surface area contributed by atoms with E-state index in [2.05, 4.69) is 9.97 Å². The van der Waals surface area contributed by atoms with Crippen molar-refractivity contribution < 1.29 is 13.9 Å². The van der Waals surface area contributed by atoms with Crippen LogP contribution < -0.4 is 4.90 Å². The van der Waals surface area contributed by atoms with Gasteiger partial charge in [0.25, 0.3) is 0 Å². The topological polar surface area (TPSA) is 47.5 Å². The van der Waals surface area contributed by atoms with Crippen molar-refractivity contribution in [1.82, 2.24) is 9.97 Å². The van der Waals surface area contributed by atoms with Crippen molar-refractivity contribution in [3.8, 4) is 0 Å². The predicted octanol–water partition coefficient (Wildman–Crippen LogP) is 1.59. The molecule has 0 N–H and O–H groups in total. The number of nitrogens with zero attached hydrogens (tertiary/aromatic N) is 3. The quantitative estimate of drug-likeness (QED) is 0.830. The van der Waals surface area contributed by atoms with Gasteiger partial charge in [-0.2, -0.15) is 0 Å². The molecular weight excluding hydrogens is 249 g/mol. The molecule has 1 aliphatic rings. The summed E-state index contributed by atoms with van der Waals surface area (Å²) in [6.45, 7) is 6.11. The normalized spacial score (nSPS) is 19.7. The Morgan fingerprint density at radius 1 is 1.42 bits per heavy atom. The van der Waals surface area contributed by atoms with Crippen molar-refractivity contribution in [1.29, 1.82) is 0 Å². The van der Waals surface area contributed by atoms with Gasteiger partial charge in [-0.15, -0.1) is 0 Å². The van der Waals surface area contributed by atoms with E-state index in [-0.39, 0.29) is 17.8 Å². The van der Waals surface area contributed by atoms with Gasteiger partial charge in [0.1, 0.15) is 6.33 Å². The van der Waals surface area contributed by atoms with Crippen LogP contribution in [0.5, 0.6) is 0 Å². The molecule has 1 aliphatic heterocycles. The zero-order valence-electron chi connectivity index (χ0n) is 11.6. The van der Waals surface area contributed by atoms with Crippen LogP contribution >= 0.6 is 0 Å². The van der Waals surface area contributed by atoms with Crippen LogP contribution in [0.25, 0.3) is 0 Å². The van der Waals surface area contributed by atoms with E-state index < -0.39 is 0 Å². The van der Waals surface area contributed by atoms with Crippen molar-refractivity contribution in [2.75, 3.05) is 38.3 Å². The Hall–Kier alpha value is -1.27. The first-order valence-corrected chi connectivity index (χ1v) is 6.50. The van der Waals surface area contributed by atoms with Crippen LogP contribution in [0.4, 0.5) is 10.2 Å². The highest BCUT2D eigenvalue weighted by molar-refractivity contribution is 5.40. The molecule has 19 heavy (non-hydrogen) atoms. The molecule has 1 atom stereocenters. The fraction of sp³-hybridized carbons (Fsp3) is 0.692. The van der Waals surface area contributed by atoms with Crippen molar-refractivity contribution in [2.24, 2.45) is 0 Å². The van der Waals surface area contributed by atoms with Gasteiger partial charge in [0.15, 0.2) is 11.6 Å². The minimum Gasteiger partial charge on any atom is -0.376 e. The lowest BCUT2D eigenvalue weighted by Crippen LogP contribution is -2.39. The zero-order chi connectivity index (χ0) is 13.8. The number of anilines is 1. The lowest BCUT2D eigenvalue weighted by atomic mass is 10.1. The minimum atomic E-state index is -0.350. The molecule has 5 nitrogen and oxygen atoms in total. The third kappa shape index (κ3) is 3.39. The second-order valence-electron chi connectivity index (χ2n) is 5.00. The molecule has 0 aromatic carbocycles. The summed E-state index contributed by atoms with van der Waals surface area (Å²) in [6, 6.07) is 0. The highest BCUT2D eigenvalue weighted by Crippen LogP contribution is 2.22. The van der Waals surface area contributed by atoms with Gasteiger partial charge < -0.3 is 14.4 Å². The van der Waals surface area contributed by atoms with E-state index in [0.29, 0.717) is 37.9 Å². The number of halogens is 1. The summed E-state index contributed by atoms with van der Waals surface area (Å²) < 4.78 is 25.2. The first-order valence-electron chi connectivity index (χ1n) is 6.50. The van der Waals surface area contributed by atoms with Crippen LogP contribution in [0.2, 0.25) is 0 Å². The molecule has 2 heterocycles. The van der Waals surface area contributed by atoms with Gasteiger partial charge in [0.05, 0.1) is 31.6 Å². The smallest absolute Gasteiger partial charge is 0.187 e.